The minimum Gasteiger partial charge on any atom is -0.466 e. The molecule has 0 saturated heterocycles. The topological polar surface area (TPSA) is 39.2 Å². The molecule has 1 aromatic heterocycles. The Morgan fingerprint density at radius 3 is 2.69 bits per heavy atom. The molecule has 2 nitrogen and oxygen atoms in total. The number of halogens is 1. The van der Waals surface area contributed by atoms with Gasteiger partial charge in [0.2, 0.25) is 0 Å². The zero-order chi connectivity index (χ0) is 11.5. The van der Waals surface area contributed by atoms with Gasteiger partial charge >= 0.3 is 0 Å². The molecule has 1 unspecified atom stereocenters. The zero-order valence-corrected chi connectivity index (χ0v) is 11.2. The van der Waals surface area contributed by atoms with Crippen molar-refractivity contribution >= 4 is 27.7 Å². The molecule has 0 spiro atoms. The lowest BCUT2D eigenvalue weighted by Crippen LogP contribution is -2.12. The van der Waals surface area contributed by atoms with E-state index in [9.17, 15) is 0 Å². The summed E-state index contributed by atoms with van der Waals surface area (Å²) in [5.41, 5.74) is 7.29. The van der Waals surface area contributed by atoms with Crippen molar-refractivity contribution in [1.29, 1.82) is 0 Å². The summed E-state index contributed by atoms with van der Waals surface area (Å²) >= 11 is 5.12. The van der Waals surface area contributed by atoms with E-state index in [0.29, 0.717) is 0 Å². The van der Waals surface area contributed by atoms with Crippen LogP contribution in [0.1, 0.15) is 17.4 Å². The average Bonchev–Trinajstić information content (AvgIpc) is 2.74. The van der Waals surface area contributed by atoms with Crippen LogP contribution in [0.3, 0.4) is 0 Å². The second-order valence-corrected chi connectivity index (χ2v) is 5.05. The first kappa shape index (κ1) is 11.8. The summed E-state index contributed by atoms with van der Waals surface area (Å²) in [4.78, 5) is 1.18. The molecule has 0 aliphatic carbocycles. The van der Waals surface area contributed by atoms with Crippen molar-refractivity contribution in [3.8, 4) is 0 Å². The van der Waals surface area contributed by atoms with Crippen LogP contribution < -0.4 is 5.73 Å². The van der Waals surface area contributed by atoms with E-state index >= 15 is 0 Å². The highest BCUT2D eigenvalue weighted by Crippen LogP contribution is 2.32. The van der Waals surface area contributed by atoms with Crippen LogP contribution in [0, 0.1) is 0 Å². The Labute approximate surface area is 107 Å². The number of thioether (sulfide) groups is 1. The maximum Gasteiger partial charge on any atom is 0.139 e. The van der Waals surface area contributed by atoms with Crippen molar-refractivity contribution in [1.82, 2.24) is 0 Å². The highest BCUT2D eigenvalue weighted by atomic mass is 79.9. The Kier molecular flexibility index (Phi) is 3.74. The lowest BCUT2D eigenvalue weighted by Gasteiger charge is -2.13. The van der Waals surface area contributed by atoms with Crippen molar-refractivity contribution in [2.75, 3.05) is 6.26 Å². The zero-order valence-electron chi connectivity index (χ0n) is 8.81. The molecule has 0 bridgehead atoms. The molecule has 0 saturated carbocycles. The number of rotatable bonds is 3. The maximum atomic E-state index is 6.20. The molecule has 4 heteroatoms. The predicted octanol–water partition coefficient (Wildman–Crippen LogP) is 3.81. The molecule has 2 N–H and O–H groups in total. The highest BCUT2D eigenvalue weighted by molar-refractivity contribution is 9.10. The summed E-state index contributed by atoms with van der Waals surface area (Å²) in [6.07, 6.45) is 3.68. The smallest absolute Gasteiger partial charge is 0.139 e. The lowest BCUT2D eigenvalue weighted by molar-refractivity contribution is 0.485. The van der Waals surface area contributed by atoms with Crippen LogP contribution in [0.2, 0.25) is 0 Å². The second-order valence-electron chi connectivity index (χ2n) is 3.35. The average molecular weight is 298 g/mol. The van der Waals surface area contributed by atoms with Gasteiger partial charge in [0.1, 0.15) is 5.76 Å². The molecule has 0 radical (unpaired) electrons. The number of hydrogen-bond donors (Lipinski definition) is 1. The van der Waals surface area contributed by atoms with E-state index in [1.807, 2.05) is 30.5 Å². The fourth-order valence-corrected chi connectivity index (χ4v) is 2.69. The minimum atomic E-state index is -0.229. The van der Waals surface area contributed by atoms with Gasteiger partial charge in [-0.1, -0.05) is 18.2 Å². The number of hydrogen-bond acceptors (Lipinski definition) is 3. The third kappa shape index (κ3) is 2.19. The SMILES string of the molecule is CSc1ccccc1C(N)c1occc1Br. The largest absolute Gasteiger partial charge is 0.466 e. The first-order valence-corrected chi connectivity index (χ1v) is 6.87. The lowest BCUT2D eigenvalue weighted by atomic mass is 10.1. The van der Waals surface area contributed by atoms with Gasteiger partial charge in [-0.3, -0.25) is 0 Å². The van der Waals surface area contributed by atoms with Gasteiger partial charge in [-0.05, 0) is 39.9 Å². The Hall–Kier alpha value is -0.710. The van der Waals surface area contributed by atoms with Crippen LogP contribution in [-0.2, 0) is 0 Å². The van der Waals surface area contributed by atoms with Crippen LogP contribution in [0.5, 0.6) is 0 Å². The molecule has 0 aliphatic rings. The molecule has 0 amide bonds. The third-order valence-electron chi connectivity index (χ3n) is 2.40. The summed E-state index contributed by atoms with van der Waals surface area (Å²) in [5.74, 6) is 0.765. The number of nitrogens with two attached hydrogens (primary N) is 1. The van der Waals surface area contributed by atoms with Crippen LogP contribution in [0.25, 0.3) is 0 Å². The molecule has 0 aliphatic heterocycles. The van der Waals surface area contributed by atoms with E-state index in [4.69, 9.17) is 10.2 Å². The summed E-state index contributed by atoms with van der Waals surface area (Å²) < 4.78 is 6.31. The summed E-state index contributed by atoms with van der Waals surface area (Å²) in [7, 11) is 0. The van der Waals surface area contributed by atoms with Gasteiger partial charge in [0.15, 0.2) is 0 Å². The standard InChI is InChI=1S/C12H12BrNOS/c1-16-10-5-3-2-4-8(10)11(14)12-9(13)6-7-15-12/h2-7,11H,14H2,1H3. The van der Waals surface area contributed by atoms with E-state index in [2.05, 4.69) is 22.0 Å². The van der Waals surface area contributed by atoms with Crippen LogP contribution in [0.4, 0.5) is 0 Å². The predicted molar refractivity (Wildman–Crippen MR) is 70.7 cm³/mol. The molecule has 16 heavy (non-hydrogen) atoms. The van der Waals surface area contributed by atoms with Gasteiger partial charge in [-0.15, -0.1) is 11.8 Å². The van der Waals surface area contributed by atoms with E-state index < -0.39 is 0 Å². The van der Waals surface area contributed by atoms with Crippen LogP contribution in [0.15, 0.2) is 50.4 Å². The monoisotopic (exact) mass is 297 g/mol. The molecule has 0 fully saturated rings. The highest BCUT2D eigenvalue weighted by Gasteiger charge is 2.17. The van der Waals surface area contributed by atoms with Gasteiger partial charge < -0.3 is 10.2 Å². The van der Waals surface area contributed by atoms with Crippen molar-refractivity contribution in [2.24, 2.45) is 5.73 Å². The summed E-state index contributed by atoms with van der Waals surface area (Å²) in [6.45, 7) is 0. The maximum absolute atomic E-state index is 6.20. The Morgan fingerprint density at radius 2 is 2.06 bits per heavy atom. The first-order valence-electron chi connectivity index (χ1n) is 4.85. The van der Waals surface area contributed by atoms with Gasteiger partial charge in [-0.2, -0.15) is 0 Å². The molecule has 2 aromatic rings. The quantitative estimate of drug-likeness (QED) is 0.876. The van der Waals surface area contributed by atoms with Gasteiger partial charge in [0.05, 0.1) is 16.8 Å². The number of furan rings is 1. The van der Waals surface area contributed by atoms with E-state index in [1.54, 1.807) is 18.0 Å². The van der Waals surface area contributed by atoms with Crippen LogP contribution >= 0.6 is 27.7 Å². The molecular formula is C12H12BrNOS. The Bertz CT molecular complexity index is 483. The molecule has 1 atom stereocenters. The fraction of sp³-hybridized carbons (Fsp3) is 0.167. The third-order valence-corrected chi connectivity index (χ3v) is 3.87. The Morgan fingerprint density at radius 1 is 1.31 bits per heavy atom. The van der Waals surface area contributed by atoms with Crippen molar-refractivity contribution in [3.63, 3.8) is 0 Å². The normalized spacial score (nSPS) is 12.7. The van der Waals surface area contributed by atoms with Crippen LogP contribution in [-0.4, -0.2) is 6.26 Å². The van der Waals surface area contributed by atoms with E-state index in [1.165, 1.54) is 4.90 Å². The Balaban J connectivity index is 2.41. The first-order chi connectivity index (χ1) is 7.74. The van der Waals surface area contributed by atoms with E-state index in [0.717, 1.165) is 15.8 Å². The molecule has 1 aromatic carbocycles. The van der Waals surface area contributed by atoms with Crippen molar-refractivity contribution < 1.29 is 4.42 Å². The van der Waals surface area contributed by atoms with Gasteiger partial charge in [-0.25, -0.2) is 0 Å². The molecule has 1 heterocycles. The second kappa shape index (κ2) is 5.08. The minimum absolute atomic E-state index is 0.229. The fourth-order valence-electron chi connectivity index (χ4n) is 1.59. The molecule has 2 rings (SSSR count). The molecular weight excluding hydrogens is 286 g/mol. The van der Waals surface area contributed by atoms with Crippen molar-refractivity contribution in [3.05, 3.63) is 52.4 Å². The summed E-state index contributed by atoms with van der Waals surface area (Å²) in [6, 6.07) is 9.73. The number of benzene rings is 1. The van der Waals surface area contributed by atoms with Gasteiger partial charge in [0, 0.05) is 4.90 Å². The molecule has 84 valence electrons. The van der Waals surface area contributed by atoms with E-state index in [-0.39, 0.29) is 6.04 Å². The van der Waals surface area contributed by atoms with Crippen molar-refractivity contribution in [2.45, 2.75) is 10.9 Å². The van der Waals surface area contributed by atoms with Gasteiger partial charge in [0.25, 0.3) is 0 Å². The summed E-state index contributed by atoms with van der Waals surface area (Å²) in [5, 5.41) is 0.